The largest absolute Gasteiger partial charge is 0.416 e. The Labute approximate surface area is 118 Å². The van der Waals surface area contributed by atoms with E-state index in [2.05, 4.69) is 32.7 Å². The summed E-state index contributed by atoms with van der Waals surface area (Å²) in [5.41, 5.74) is 1.16. The van der Waals surface area contributed by atoms with Crippen LogP contribution < -0.4 is 5.32 Å². The molecule has 0 atom stereocenters. The minimum atomic E-state index is -4.29. The van der Waals surface area contributed by atoms with Crippen LogP contribution in [0.3, 0.4) is 0 Å². The number of benzene rings is 1. The van der Waals surface area contributed by atoms with Crippen molar-refractivity contribution in [2.45, 2.75) is 46.3 Å². The van der Waals surface area contributed by atoms with Gasteiger partial charge in [0.05, 0.1) is 5.56 Å². The average molecular weight is 285 g/mol. The highest BCUT2D eigenvalue weighted by atomic mass is 19.4. The Hall–Kier alpha value is -1.45. The fourth-order valence-electron chi connectivity index (χ4n) is 1.90. The first-order chi connectivity index (χ1) is 9.13. The number of hydrogen-bond acceptors (Lipinski definition) is 1. The van der Waals surface area contributed by atoms with Crippen molar-refractivity contribution in [2.24, 2.45) is 5.41 Å². The highest BCUT2D eigenvalue weighted by Gasteiger charge is 2.31. The Morgan fingerprint density at radius 1 is 1.15 bits per heavy atom. The summed E-state index contributed by atoms with van der Waals surface area (Å²) < 4.78 is 38.4. The Kier molecular flexibility index (Phi) is 5.26. The summed E-state index contributed by atoms with van der Waals surface area (Å²) in [5.74, 6) is 0. The summed E-state index contributed by atoms with van der Waals surface area (Å²) in [6.45, 7) is 10.3. The molecule has 0 heterocycles. The smallest absolute Gasteiger partial charge is 0.387 e. The molecular formula is C16H22F3N. The van der Waals surface area contributed by atoms with Crippen LogP contribution in [0.5, 0.6) is 0 Å². The van der Waals surface area contributed by atoms with Crippen molar-refractivity contribution in [1.29, 1.82) is 0 Å². The zero-order valence-electron chi connectivity index (χ0n) is 12.3. The van der Waals surface area contributed by atoms with E-state index in [1.807, 2.05) is 0 Å². The van der Waals surface area contributed by atoms with Gasteiger partial charge in [0.25, 0.3) is 0 Å². The van der Waals surface area contributed by atoms with E-state index in [1.165, 1.54) is 6.07 Å². The molecule has 20 heavy (non-hydrogen) atoms. The van der Waals surface area contributed by atoms with Crippen molar-refractivity contribution in [3.8, 4) is 0 Å². The number of halogens is 3. The maximum atomic E-state index is 12.8. The Morgan fingerprint density at radius 3 is 2.30 bits per heavy atom. The lowest BCUT2D eigenvalue weighted by molar-refractivity contribution is -0.137. The lowest BCUT2D eigenvalue weighted by Crippen LogP contribution is -2.13. The molecule has 0 aliphatic rings. The van der Waals surface area contributed by atoms with E-state index in [1.54, 1.807) is 12.3 Å². The summed E-state index contributed by atoms with van der Waals surface area (Å²) in [4.78, 5) is 0. The molecule has 0 bridgehead atoms. The van der Waals surface area contributed by atoms with Crippen LogP contribution in [-0.2, 0) is 19.1 Å². The molecule has 112 valence electrons. The van der Waals surface area contributed by atoms with E-state index in [0.717, 1.165) is 23.6 Å². The average Bonchev–Trinajstić information content (AvgIpc) is 2.32. The molecule has 0 saturated carbocycles. The summed E-state index contributed by atoms with van der Waals surface area (Å²) in [6, 6.07) is 3.96. The molecule has 0 aliphatic carbocycles. The molecular weight excluding hydrogens is 263 g/mol. The highest BCUT2D eigenvalue weighted by Crippen LogP contribution is 2.32. The Bertz CT molecular complexity index is 456. The summed E-state index contributed by atoms with van der Waals surface area (Å²) >= 11 is 0. The van der Waals surface area contributed by atoms with Crippen LogP contribution in [0, 0.1) is 5.41 Å². The van der Waals surface area contributed by atoms with Crippen LogP contribution in [0.1, 0.15) is 43.9 Å². The summed E-state index contributed by atoms with van der Waals surface area (Å²) in [6.07, 6.45) is -1.26. The fraction of sp³-hybridized carbons (Fsp3) is 0.500. The fourth-order valence-corrected chi connectivity index (χ4v) is 1.90. The number of rotatable bonds is 5. The van der Waals surface area contributed by atoms with Crippen LogP contribution in [-0.4, -0.2) is 0 Å². The molecule has 0 aromatic heterocycles. The Morgan fingerprint density at radius 2 is 1.80 bits per heavy atom. The minimum Gasteiger partial charge on any atom is -0.387 e. The second-order valence-electron chi connectivity index (χ2n) is 6.13. The lowest BCUT2D eigenvalue weighted by atomic mass is 9.87. The van der Waals surface area contributed by atoms with Gasteiger partial charge in [0, 0.05) is 6.54 Å². The molecule has 1 N–H and O–H groups in total. The first-order valence-electron chi connectivity index (χ1n) is 6.67. The summed E-state index contributed by atoms with van der Waals surface area (Å²) in [7, 11) is 0. The van der Waals surface area contributed by atoms with Gasteiger partial charge in [-0.3, -0.25) is 0 Å². The molecule has 1 rings (SSSR count). The molecule has 1 aromatic rings. The van der Waals surface area contributed by atoms with Gasteiger partial charge in [0.15, 0.2) is 0 Å². The van der Waals surface area contributed by atoms with Gasteiger partial charge in [-0.25, -0.2) is 0 Å². The highest BCUT2D eigenvalue weighted by molar-refractivity contribution is 5.34. The van der Waals surface area contributed by atoms with Crippen molar-refractivity contribution in [3.63, 3.8) is 0 Å². The van der Waals surface area contributed by atoms with Gasteiger partial charge in [-0.05, 0) is 47.7 Å². The van der Waals surface area contributed by atoms with E-state index in [-0.39, 0.29) is 5.41 Å². The zero-order chi connectivity index (χ0) is 15.4. The molecule has 1 nitrogen and oxygen atoms in total. The van der Waals surface area contributed by atoms with Gasteiger partial charge in [0.2, 0.25) is 0 Å². The third kappa shape index (κ3) is 5.27. The van der Waals surface area contributed by atoms with Gasteiger partial charge in [0.1, 0.15) is 0 Å². The molecule has 0 radical (unpaired) electrons. The first-order valence-corrected chi connectivity index (χ1v) is 6.67. The van der Waals surface area contributed by atoms with Crippen LogP contribution >= 0.6 is 0 Å². The molecule has 4 heteroatoms. The van der Waals surface area contributed by atoms with E-state index in [0.29, 0.717) is 13.0 Å². The maximum absolute atomic E-state index is 12.8. The van der Waals surface area contributed by atoms with E-state index < -0.39 is 11.7 Å². The van der Waals surface area contributed by atoms with Gasteiger partial charge < -0.3 is 5.32 Å². The van der Waals surface area contributed by atoms with Crippen molar-refractivity contribution < 1.29 is 13.2 Å². The zero-order valence-corrected chi connectivity index (χ0v) is 12.3. The van der Waals surface area contributed by atoms with E-state index >= 15 is 0 Å². The lowest BCUT2D eigenvalue weighted by Gasteiger charge is -2.20. The van der Waals surface area contributed by atoms with Crippen LogP contribution in [0.4, 0.5) is 13.2 Å². The minimum absolute atomic E-state index is 0.0946. The molecule has 0 fully saturated rings. The van der Waals surface area contributed by atoms with Gasteiger partial charge >= 0.3 is 6.18 Å². The molecule has 0 aliphatic heterocycles. The van der Waals surface area contributed by atoms with Gasteiger partial charge in [-0.15, -0.1) is 0 Å². The van der Waals surface area contributed by atoms with Crippen LogP contribution in [0.25, 0.3) is 0 Å². The third-order valence-corrected chi connectivity index (χ3v) is 3.11. The summed E-state index contributed by atoms with van der Waals surface area (Å²) in [5, 5.41) is 2.94. The monoisotopic (exact) mass is 285 g/mol. The molecule has 0 spiro atoms. The predicted octanol–water partition coefficient (Wildman–Crippen LogP) is 4.92. The molecule has 0 amide bonds. The second kappa shape index (κ2) is 6.33. The van der Waals surface area contributed by atoms with Crippen LogP contribution in [0.2, 0.25) is 0 Å². The quantitative estimate of drug-likeness (QED) is 0.810. The van der Waals surface area contributed by atoms with Crippen molar-refractivity contribution in [3.05, 3.63) is 47.7 Å². The third-order valence-electron chi connectivity index (χ3n) is 3.11. The standard InChI is InChI=1S/C16H22F3N/c1-5-20-11-13-6-7-14(16(17,18)19)10-12(13)8-9-15(2,3)4/h5-7,10,20H,1,8-9,11H2,2-4H3. The van der Waals surface area contributed by atoms with E-state index in [9.17, 15) is 13.2 Å². The van der Waals surface area contributed by atoms with Gasteiger partial charge in [-0.2, -0.15) is 13.2 Å². The number of hydrogen-bond donors (Lipinski definition) is 1. The van der Waals surface area contributed by atoms with Gasteiger partial charge in [-0.1, -0.05) is 33.4 Å². The van der Waals surface area contributed by atoms with E-state index in [4.69, 9.17) is 0 Å². The molecule has 0 saturated heterocycles. The molecule has 0 unspecified atom stereocenters. The topological polar surface area (TPSA) is 12.0 Å². The number of nitrogens with one attached hydrogen (secondary N) is 1. The van der Waals surface area contributed by atoms with Crippen molar-refractivity contribution in [1.82, 2.24) is 5.32 Å². The SMILES string of the molecule is C=CNCc1ccc(C(F)(F)F)cc1CCC(C)(C)C. The normalized spacial score (nSPS) is 12.3. The number of aryl methyl sites for hydroxylation is 1. The Balaban J connectivity index is 3.02. The molecule has 1 aromatic carbocycles. The van der Waals surface area contributed by atoms with Crippen molar-refractivity contribution in [2.75, 3.05) is 0 Å². The second-order valence-corrected chi connectivity index (χ2v) is 6.13. The first kappa shape index (κ1) is 16.6. The maximum Gasteiger partial charge on any atom is 0.416 e. The van der Waals surface area contributed by atoms with Crippen LogP contribution in [0.15, 0.2) is 31.0 Å². The predicted molar refractivity (Wildman–Crippen MR) is 76.3 cm³/mol. The number of alkyl halides is 3. The van der Waals surface area contributed by atoms with Crippen molar-refractivity contribution >= 4 is 0 Å².